The van der Waals surface area contributed by atoms with Crippen LogP contribution in [0.25, 0.3) is 0 Å². The summed E-state index contributed by atoms with van der Waals surface area (Å²) in [6, 6.07) is -1.01. The molecule has 0 spiro atoms. The molecule has 8 aliphatic rings. The van der Waals surface area contributed by atoms with E-state index in [0.717, 1.165) is 74.0 Å². The zero-order valence-electron chi connectivity index (χ0n) is 28.7. The minimum atomic E-state index is -1.01. The van der Waals surface area contributed by atoms with Gasteiger partial charge in [0.15, 0.2) is 0 Å². The molecule has 0 heterocycles. The second kappa shape index (κ2) is 13.6. The summed E-state index contributed by atoms with van der Waals surface area (Å²) in [6.45, 7) is 5.55. The molecule has 0 aromatic rings. The number of carbonyl (C=O) groups is 5. The smallest absolute Gasteiger partial charge is 0.408 e. The van der Waals surface area contributed by atoms with Gasteiger partial charge in [0.05, 0.1) is 0 Å². The van der Waals surface area contributed by atoms with Crippen molar-refractivity contribution in [2.75, 3.05) is 13.1 Å². The van der Waals surface area contributed by atoms with Gasteiger partial charge in [0, 0.05) is 43.4 Å². The van der Waals surface area contributed by atoms with Crippen LogP contribution in [0.5, 0.6) is 0 Å². The molecule has 8 fully saturated rings. The Labute approximate surface area is 279 Å². The highest BCUT2D eigenvalue weighted by atomic mass is 16.6. The molecule has 8 saturated carbocycles. The topological polar surface area (TPSA) is 155 Å². The lowest BCUT2D eigenvalue weighted by atomic mass is 9.53. The average molecular weight is 656 g/mol. The fourth-order valence-corrected chi connectivity index (χ4v) is 11.1. The van der Waals surface area contributed by atoms with Gasteiger partial charge in [0.2, 0.25) is 23.6 Å². The highest BCUT2D eigenvalue weighted by Gasteiger charge is 2.52. The molecule has 0 radical (unpaired) electrons. The van der Waals surface area contributed by atoms with Crippen molar-refractivity contribution in [3.8, 4) is 0 Å². The molecule has 0 aliphatic heterocycles. The molecule has 5 amide bonds. The molecule has 1 atom stereocenters. The van der Waals surface area contributed by atoms with Crippen LogP contribution in [0, 0.1) is 35.5 Å². The molecule has 1 unspecified atom stereocenters. The standard InChI is InChI=1S/C36H57N5O6/c1-34(2,3)47-33(46)39-28(32(45)38-9-7-31(44)41-36-19-25-13-26(20-36)15-27(14-25)21-36)4-5-29(42)37-8-6-30(43)40-35-16-22-10-23(17-35)12-24(11-22)18-35/h22-28H,4-21H2,1-3H3,(H,37,42)(H,38,45)(H,39,46)(H,40,43)(H,41,44). The van der Waals surface area contributed by atoms with Gasteiger partial charge < -0.3 is 31.3 Å². The van der Waals surface area contributed by atoms with Gasteiger partial charge in [-0.15, -0.1) is 0 Å². The number of hydrogen-bond acceptors (Lipinski definition) is 6. The first-order valence-corrected chi connectivity index (χ1v) is 18.4. The normalized spacial score (nSPS) is 35.1. The largest absolute Gasteiger partial charge is 0.444 e. The Hall–Kier alpha value is -2.85. The third kappa shape index (κ3) is 8.79. The molecule has 8 aliphatic carbocycles. The van der Waals surface area contributed by atoms with E-state index in [-0.39, 0.29) is 67.6 Å². The van der Waals surface area contributed by atoms with Gasteiger partial charge in [-0.3, -0.25) is 19.2 Å². The molecule has 0 saturated heterocycles. The lowest BCUT2D eigenvalue weighted by Gasteiger charge is -2.57. The van der Waals surface area contributed by atoms with Crippen molar-refractivity contribution in [3.63, 3.8) is 0 Å². The fourth-order valence-electron chi connectivity index (χ4n) is 11.1. The van der Waals surface area contributed by atoms with Crippen LogP contribution in [-0.2, 0) is 23.9 Å². The molecule has 8 rings (SSSR count). The molecular weight excluding hydrogens is 598 g/mol. The van der Waals surface area contributed by atoms with Crippen LogP contribution < -0.4 is 26.6 Å². The third-order valence-corrected chi connectivity index (χ3v) is 11.9. The van der Waals surface area contributed by atoms with E-state index in [2.05, 4.69) is 26.6 Å². The highest BCUT2D eigenvalue weighted by Crippen LogP contribution is 2.56. The Morgan fingerprint density at radius 1 is 0.617 bits per heavy atom. The first kappa shape index (κ1) is 34.0. The summed E-state index contributed by atoms with van der Waals surface area (Å²) in [5.41, 5.74) is -0.895. The van der Waals surface area contributed by atoms with Gasteiger partial charge in [0.1, 0.15) is 11.6 Å². The van der Waals surface area contributed by atoms with Gasteiger partial charge in [0.25, 0.3) is 0 Å². The van der Waals surface area contributed by atoms with Gasteiger partial charge in [-0.05, 0) is 140 Å². The van der Waals surface area contributed by atoms with Crippen LogP contribution in [0.2, 0.25) is 0 Å². The minimum Gasteiger partial charge on any atom is -0.444 e. The molecule has 0 aromatic heterocycles. The molecule has 11 nitrogen and oxygen atoms in total. The van der Waals surface area contributed by atoms with Crippen molar-refractivity contribution in [1.82, 2.24) is 26.6 Å². The second-order valence-electron chi connectivity index (χ2n) is 17.4. The van der Waals surface area contributed by atoms with Gasteiger partial charge in [-0.25, -0.2) is 4.79 Å². The molecule has 0 aromatic carbocycles. The number of amides is 5. The summed E-state index contributed by atoms with van der Waals surface area (Å²) in [5.74, 6) is 3.54. The predicted molar refractivity (Wildman–Crippen MR) is 176 cm³/mol. The monoisotopic (exact) mass is 655 g/mol. The van der Waals surface area contributed by atoms with E-state index in [1.54, 1.807) is 20.8 Å². The van der Waals surface area contributed by atoms with Crippen LogP contribution in [-0.4, -0.2) is 65.5 Å². The van der Waals surface area contributed by atoms with Gasteiger partial charge in [-0.1, -0.05) is 0 Å². The predicted octanol–water partition coefficient (Wildman–Crippen LogP) is 3.84. The van der Waals surface area contributed by atoms with E-state index in [4.69, 9.17) is 4.74 Å². The third-order valence-electron chi connectivity index (χ3n) is 11.9. The zero-order valence-corrected chi connectivity index (χ0v) is 28.7. The first-order valence-electron chi connectivity index (χ1n) is 18.4. The van der Waals surface area contributed by atoms with Crippen LogP contribution in [0.4, 0.5) is 4.79 Å². The maximum absolute atomic E-state index is 13.2. The van der Waals surface area contributed by atoms with Crippen LogP contribution >= 0.6 is 0 Å². The van der Waals surface area contributed by atoms with E-state index < -0.39 is 23.6 Å². The molecule has 8 bridgehead atoms. The number of nitrogens with one attached hydrogen (secondary N) is 5. The summed E-state index contributed by atoms with van der Waals surface area (Å²) >= 11 is 0. The first-order chi connectivity index (χ1) is 22.2. The van der Waals surface area contributed by atoms with Crippen molar-refractivity contribution in [3.05, 3.63) is 0 Å². The van der Waals surface area contributed by atoms with E-state index in [0.29, 0.717) is 0 Å². The van der Waals surface area contributed by atoms with E-state index >= 15 is 0 Å². The van der Waals surface area contributed by atoms with Crippen LogP contribution in [0.15, 0.2) is 0 Å². The molecule has 47 heavy (non-hydrogen) atoms. The zero-order chi connectivity index (χ0) is 33.4. The number of hydrogen-bond donors (Lipinski definition) is 5. The molecule has 262 valence electrons. The van der Waals surface area contributed by atoms with Crippen molar-refractivity contribution in [2.45, 2.75) is 146 Å². The van der Waals surface area contributed by atoms with Gasteiger partial charge in [-0.2, -0.15) is 0 Å². The number of alkyl carbamates (subject to hydrolysis) is 1. The summed E-state index contributed by atoms with van der Waals surface area (Å²) in [6.07, 6.45) is 13.9. The average Bonchev–Trinajstić information content (AvgIpc) is 2.92. The van der Waals surface area contributed by atoms with Crippen molar-refractivity contribution in [2.24, 2.45) is 35.5 Å². The van der Waals surface area contributed by atoms with E-state index in [1.165, 1.54) is 38.5 Å². The second-order valence-corrected chi connectivity index (χ2v) is 17.4. The van der Waals surface area contributed by atoms with Crippen LogP contribution in [0.1, 0.15) is 124 Å². The number of rotatable bonds is 13. The van der Waals surface area contributed by atoms with E-state index in [9.17, 15) is 24.0 Å². The molecular formula is C36H57N5O6. The Balaban J connectivity index is 0.924. The van der Waals surface area contributed by atoms with Crippen molar-refractivity contribution < 1.29 is 28.7 Å². The summed E-state index contributed by atoms with van der Waals surface area (Å²) in [4.78, 5) is 64.2. The maximum atomic E-state index is 13.2. The lowest BCUT2D eigenvalue weighted by molar-refractivity contribution is -0.128. The maximum Gasteiger partial charge on any atom is 0.408 e. The Bertz CT molecular complexity index is 1160. The number of carbonyl (C=O) groups excluding carboxylic acids is 5. The van der Waals surface area contributed by atoms with E-state index in [1.807, 2.05) is 0 Å². The summed E-state index contributed by atoms with van der Waals surface area (Å²) < 4.78 is 5.35. The van der Waals surface area contributed by atoms with Gasteiger partial charge >= 0.3 is 6.09 Å². The quantitative estimate of drug-likeness (QED) is 0.203. The summed E-state index contributed by atoms with van der Waals surface area (Å²) in [7, 11) is 0. The highest BCUT2D eigenvalue weighted by molar-refractivity contribution is 5.87. The van der Waals surface area contributed by atoms with Crippen molar-refractivity contribution in [1.29, 1.82) is 0 Å². The number of ether oxygens (including phenoxy) is 1. The van der Waals surface area contributed by atoms with Crippen LogP contribution in [0.3, 0.4) is 0 Å². The molecule has 5 N–H and O–H groups in total. The SMILES string of the molecule is CC(C)(C)OC(=O)NC(CCC(=O)NCCC(=O)NC12CC3CC(CC(C3)C1)C2)C(=O)NCCC(=O)NC12CC3CC(CC(C3)C1)C2. The van der Waals surface area contributed by atoms with Crippen molar-refractivity contribution >= 4 is 29.7 Å². The Morgan fingerprint density at radius 2 is 1.02 bits per heavy atom. The lowest BCUT2D eigenvalue weighted by Crippen LogP contribution is -2.60. The summed E-state index contributed by atoms with van der Waals surface area (Å²) in [5, 5.41) is 14.8. The Kier molecular flexibility index (Phi) is 9.83. The Morgan fingerprint density at radius 3 is 1.43 bits per heavy atom. The minimum absolute atomic E-state index is 0.0169. The molecule has 11 heteroatoms. The fraction of sp³-hybridized carbons (Fsp3) is 0.861.